The number of amides is 1. The number of hydrogen-bond donors (Lipinski definition) is 1. The Morgan fingerprint density at radius 3 is 2.76 bits per heavy atom. The largest absolute Gasteiger partial charge is 0.297 e. The van der Waals surface area contributed by atoms with Crippen molar-refractivity contribution in [2.75, 3.05) is 5.32 Å². The van der Waals surface area contributed by atoms with Gasteiger partial charge >= 0.3 is 0 Å². The lowest BCUT2D eigenvalue weighted by Gasteiger charge is -1.98. The van der Waals surface area contributed by atoms with E-state index in [1.54, 1.807) is 24.4 Å². The molecule has 0 bridgehead atoms. The van der Waals surface area contributed by atoms with Gasteiger partial charge in [0.25, 0.3) is 11.7 Å². The van der Waals surface area contributed by atoms with E-state index in [2.05, 4.69) is 25.4 Å². The van der Waals surface area contributed by atoms with Crippen LogP contribution in [0, 0.1) is 6.92 Å². The third kappa shape index (κ3) is 3.09. The van der Waals surface area contributed by atoms with E-state index in [-0.39, 0.29) is 5.82 Å². The van der Waals surface area contributed by atoms with Crippen molar-refractivity contribution < 1.29 is 4.79 Å². The minimum atomic E-state index is -0.429. The number of nitrogens with zero attached hydrogens (tertiary/aromatic N) is 5. The van der Waals surface area contributed by atoms with Crippen molar-refractivity contribution in [3.05, 3.63) is 58.4 Å². The first-order valence-corrected chi connectivity index (χ1v) is 8.57. The minimum Gasteiger partial charge on any atom is -0.295 e. The highest BCUT2D eigenvalue weighted by Gasteiger charge is 2.16. The van der Waals surface area contributed by atoms with Crippen LogP contribution >= 0.6 is 22.9 Å². The van der Waals surface area contributed by atoms with Crippen LogP contribution in [-0.2, 0) is 0 Å². The summed E-state index contributed by atoms with van der Waals surface area (Å²) in [5.74, 6) is -0.00177. The molecule has 0 atom stereocenters. The Balaban J connectivity index is 1.56. The van der Waals surface area contributed by atoms with Crippen molar-refractivity contribution in [3.63, 3.8) is 0 Å². The van der Waals surface area contributed by atoms with E-state index in [9.17, 15) is 4.79 Å². The van der Waals surface area contributed by atoms with E-state index in [0.717, 1.165) is 17.0 Å². The number of aromatic nitrogens is 5. The summed E-state index contributed by atoms with van der Waals surface area (Å²) in [4.78, 5) is 25.0. The summed E-state index contributed by atoms with van der Waals surface area (Å²) in [6, 6.07) is 9.14. The first-order valence-electron chi connectivity index (χ1n) is 7.31. The first kappa shape index (κ1) is 15.7. The second-order valence-corrected chi connectivity index (χ2v) is 6.53. The molecule has 1 aromatic carbocycles. The van der Waals surface area contributed by atoms with E-state index < -0.39 is 5.91 Å². The summed E-state index contributed by atoms with van der Waals surface area (Å²) in [6.45, 7) is 1.87. The molecule has 0 unspecified atom stereocenters. The lowest BCUT2D eigenvalue weighted by Crippen LogP contribution is -2.13. The van der Waals surface area contributed by atoms with Crippen molar-refractivity contribution in [3.8, 4) is 11.3 Å². The second kappa shape index (κ2) is 6.23. The van der Waals surface area contributed by atoms with Crippen LogP contribution in [-0.4, -0.2) is 30.5 Å². The molecule has 1 amide bonds. The molecular formula is C16H11ClN6OS. The quantitative estimate of drug-likeness (QED) is 0.597. The van der Waals surface area contributed by atoms with Gasteiger partial charge in [-0.2, -0.15) is 4.98 Å². The first-order chi connectivity index (χ1) is 12.1. The average Bonchev–Trinajstić information content (AvgIpc) is 3.23. The molecule has 124 valence electrons. The number of fused-ring (bicyclic) bond motifs is 1. The molecule has 3 aromatic heterocycles. The lowest BCUT2D eigenvalue weighted by molar-refractivity contribution is 0.101. The lowest BCUT2D eigenvalue weighted by atomic mass is 10.2. The molecular weight excluding hydrogens is 360 g/mol. The van der Waals surface area contributed by atoms with Crippen LogP contribution in [0.1, 0.15) is 16.3 Å². The Hall–Kier alpha value is -2.84. The Morgan fingerprint density at radius 2 is 2.00 bits per heavy atom. The Labute approximate surface area is 151 Å². The molecule has 0 radical (unpaired) electrons. The summed E-state index contributed by atoms with van der Waals surface area (Å²) in [5, 5.41) is 9.89. The molecule has 25 heavy (non-hydrogen) atoms. The highest BCUT2D eigenvalue weighted by Crippen LogP contribution is 2.26. The maximum atomic E-state index is 12.4. The number of hydrogen-bond acceptors (Lipinski definition) is 6. The normalized spacial score (nSPS) is 11.0. The fraction of sp³-hybridized carbons (Fsp3) is 0.0625. The predicted octanol–water partition coefficient (Wildman–Crippen LogP) is 3.46. The maximum absolute atomic E-state index is 12.4. The molecule has 4 rings (SSSR count). The van der Waals surface area contributed by atoms with E-state index in [1.807, 2.05) is 24.4 Å². The summed E-state index contributed by atoms with van der Waals surface area (Å²) in [7, 11) is 0. The van der Waals surface area contributed by atoms with Crippen molar-refractivity contribution in [1.82, 2.24) is 24.6 Å². The summed E-state index contributed by atoms with van der Waals surface area (Å²) in [5.41, 5.74) is 2.53. The molecule has 1 N–H and O–H groups in total. The number of aryl methyl sites for hydroxylation is 1. The van der Waals surface area contributed by atoms with Crippen molar-refractivity contribution in [2.45, 2.75) is 6.92 Å². The summed E-state index contributed by atoms with van der Waals surface area (Å²) >= 11 is 7.22. The van der Waals surface area contributed by atoms with E-state index in [0.29, 0.717) is 15.9 Å². The molecule has 0 aliphatic heterocycles. The topological polar surface area (TPSA) is 85.1 Å². The van der Waals surface area contributed by atoms with Crippen molar-refractivity contribution >= 4 is 39.8 Å². The van der Waals surface area contributed by atoms with Crippen LogP contribution in [0.4, 0.5) is 5.13 Å². The highest BCUT2D eigenvalue weighted by atomic mass is 35.5. The molecule has 0 spiro atoms. The van der Waals surface area contributed by atoms with E-state index in [1.165, 1.54) is 15.9 Å². The molecule has 9 heteroatoms. The fourth-order valence-corrected chi connectivity index (χ4v) is 3.08. The van der Waals surface area contributed by atoms with Gasteiger partial charge in [-0.3, -0.25) is 10.1 Å². The number of anilines is 1. The summed E-state index contributed by atoms with van der Waals surface area (Å²) in [6.07, 6.45) is 1.63. The Morgan fingerprint density at radius 1 is 1.20 bits per heavy atom. The molecule has 0 aliphatic rings. The van der Waals surface area contributed by atoms with E-state index in [4.69, 9.17) is 11.6 Å². The number of carbonyl (C=O) groups excluding carboxylic acids is 1. The number of carbonyl (C=O) groups is 1. The predicted molar refractivity (Wildman–Crippen MR) is 96.0 cm³/mol. The average molecular weight is 371 g/mol. The van der Waals surface area contributed by atoms with Gasteiger partial charge in [0.15, 0.2) is 5.13 Å². The van der Waals surface area contributed by atoms with Gasteiger partial charge in [-0.25, -0.2) is 14.5 Å². The molecule has 3 heterocycles. The number of thiazole rings is 1. The zero-order valence-electron chi connectivity index (χ0n) is 13.0. The van der Waals surface area contributed by atoms with Gasteiger partial charge in [0, 0.05) is 27.9 Å². The van der Waals surface area contributed by atoms with Crippen LogP contribution in [0.15, 0.2) is 41.9 Å². The van der Waals surface area contributed by atoms with Crippen LogP contribution in [0.5, 0.6) is 0 Å². The van der Waals surface area contributed by atoms with E-state index >= 15 is 0 Å². The molecule has 0 saturated heterocycles. The van der Waals surface area contributed by atoms with Crippen LogP contribution in [0.3, 0.4) is 0 Å². The molecule has 0 aliphatic carbocycles. The van der Waals surface area contributed by atoms with Gasteiger partial charge in [-0.15, -0.1) is 16.4 Å². The minimum absolute atomic E-state index is 0.0463. The number of halogens is 1. The zero-order chi connectivity index (χ0) is 17.4. The SMILES string of the molecule is Cc1ccnc2nc(C(=O)Nc3nc(-c4ccc(Cl)cc4)cs3)nn12. The van der Waals surface area contributed by atoms with Crippen molar-refractivity contribution in [2.24, 2.45) is 0 Å². The van der Waals surface area contributed by atoms with Crippen LogP contribution < -0.4 is 5.32 Å². The van der Waals surface area contributed by atoms with Gasteiger partial charge in [0.05, 0.1) is 5.69 Å². The zero-order valence-corrected chi connectivity index (χ0v) is 14.5. The highest BCUT2D eigenvalue weighted by molar-refractivity contribution is 7.14. The second-order valence-electron chi connectivity index (χ2n) is 5.23. The number of benzene rings is 1. The third-order valence-electron chi connectivity index (χ3n) is 3.50. The van der Waals surface area contributed by atoms with Crippen molar-refractivity contribution in [1.29, 1.82) is 0 Å². The monoisotopic (exact) mass is 370 g/mol. The smallest absolute Gasteiger partial charge is 0.295 e. The van der Waals surface area contributed by atoms with Gasteiger partial charge in [-0.05, 0) is 25.1 Å². The van der Waals surface area contributed by atoms with Gasteiger partial charge in [0.2, 0.25) is 5.82 Å². The van der Waals surface area contributed by atoms with Crippen LogP contribution in [0.2, 0.25) is 5.02 Å². The van der Waals surface area contributed by atoms with Gasteiger partial charge < -0.3 is 0 Å². The summed E-state index contributed by atoms with van der Waals surface area (Å²) < 4.78 is 1.52. The molecule has 7 nitrogen and oxygen atoms in total. The Bertz CT molecular complexity index is 1070. The molecule has 0 fully saturated rings. The third-order valence-corrected chi connectivity index (χ3v) is 4.51. The van der Waals surface area contributed by atoms with Gasteiger partial charge in [0.1, 0.15) is 0 Å². The fourth-order valence-electron chi connectivity index (χ4n) is 2.24. The Kier molecular flexibility index (Phi) is 3.90. The number of nitrogens with one attached hydrogen (secondary N) is 1. The molecule has 4 aromatic rings. The van der Waals surface area contributed by atoms with Crippen LogP contribution in [0.25, 0.3) is 17.0 Å². The maximum Gasteiger partial charge on any atom is 0.297 e. The number of rotatable bonds is 3. The standard InChI is InChI=1S/C16H11ClN6OS/c1-9-6-7-18-15-20-13(22-23(9)15)14(24)21-16-19-12(8-25-16)10-2-4-11(17)5-3-10/h2-8H,1H3,(H,19,21,24). The van der Waals surface area contributed by atoms with Gasteiger partial charge in [-0.1, -0.05) is 23.7 Å². The molecule has 0 saturated carbocycles.